The number of hydrogen-bond acceptors (Lipinski definition) is 4. The number of aromatic nitrogens is 2. The molecule has 0 amide bonds. The molecule has 1 saturated heterocycles. The number of piperidine rings is 1. The third kappa shape index (κ3) is 2.03. The van der Waals surface area contributed by atoms with E-state index >= 15 is 0 Å². The Balaban J connectivity index is 2.11. The van der Waals surface area contributed by atoms with Crippen LogP contribution >= 0.6 is 0 Å². The maximum absolute atomic E-state index is 11.3. The second-order valence-corrected chi connectivity index (χ2v) is 5.14. The van der Waals surface area contributed by atoms with Crippen LogP contribution in [0.1, 0.15) is 19.8 Å². The van der Waals surface area contributed by atoms with Crippen LogP contribution in [0.3, 0.4) is 0 Å². The quantitative estimate of drug-likeness (QED) is 0.614. The Kier molecular flexibility index (Phi) is 2.85. The molecule has 3 heterocycles. The van der Waals surface area contributed by atoms with Crippen molar-refractivity contribution in [1.82, 2.24) is 9.38 Å². The third-order valence-corrected chi connectivity index (χ3v) is 3.62. The van der Waals surface area contributed by atoms with Crippen LogP contribution in [0.4, 0.5) is 11.6 Å². The fourth-order valence-electron chi connectivity index (χ4n) is 2.73. The molecule has 19 heavy (non-hydrogen) atoms. The Morgan fingerprint density at radius 2 is 2.32 bits per heavy atom. The minimum Gasteiger partial charge on any atom is -0.358 e. The van der Waals surface area contributed by atoms with Gasteiger partial charge in [0.1, 0.15) is 0 Å². The van der Waals surface area contributed by atoms with Crippen molar-refractivity contribution in [3.63, 3.8) is 0 Å². The molecule has 0 radical (unpaired) electrons. The highest BCUT2D eigenvalue weighted by molar-refractivity contribution is 5.63. The molecule has 1 aliphatic heterocycles. The van der Waals surface area contributed by atoms with Crippen LogP contribution < -0.4 is 4.90 Å². The van der Waals surface area contributed by atoms with Crippen molar-refractivity contribution < 1.29 is 4.92 Å². The highest BCUT2D eigenvalue weighted by Crippen LogP contribution is 2.31. The zero-order valence-electron chi connectivity index (χ0n) is 10.8. The van der Waals surface area contributed by atoms with E-state index in [1.54, 1.807) is 22.7 Å². The van der Waals surface area contributed by atoms with Crippen LogP contribution in [0.25, 0.3) is 5.65 Å². The molecule has 0 N–H and O–H groups in total. The van der Waals surface area contributed by atoms with Gasteiger partial charge in [-0.2, -0.15) is 9.38 Å². The van der Waals surface area contributed by atoms with Crippen LogP contribution in [0.5, 0.6) is 0 Å². The van der Waals surface area contributed by atoms with Crippen molar-refractivity contribution >= 4 is 17.3 Å². The average Bonchev–Trinajstić information content (AvgIpc) is 2.78. The largest absolute Gasteiger partial charge is 0.372 e. The van der Waals surface area contributed by atoms with E-state index in [1.165, 1.54) is 6.42 Å². The van der Waals surface area contributed by atoms with E-state index in [0.29, 0.717) is 17.4 Å². The van der Waals surface area contributed by atoms with E-state index in [2.05, 4.69) is 11.9 Å². The highest BCUT2D eigenvalue weighted by Gasteiger charge is 2.29. The van der Waals surface area contributed by atoms with Gasteiger partial charge in [-0.1, -0.05) is 13.0 Å². The first-order valence-corrected chi connectivity index (χ1v) is 6.53. The molecule has 1 unspecified atom stereocenters. The van der Waals surface area contributed by atoms with Gasteiger partial charge in [-0.15, -0.1) is 0 Å². The molecule has 1 aliphatic rings. The lowest BCUT2D eigenvalue weighted by Gasteiger charge is -2.30. The Bertz CT molecular complexity index is 622. The SMILES string of the molecule is CC1CCCN(c2nc3ccccn3c2[N+](=O)[O-])C1. The van der Waals surface area contributed by atoms with Gasteiger partial charge in [-0.25, -0.2) is 0 Å². The molecule has 0 aromatic carbocycles. The fraction of sp³-hybridized carbons (Fsp3) is 0.462. The zero-order valence-corrected chi connectivity index (χ0v) is 10.8. The molecule has 100 valence electrons. The summed E-state index contributed by atoms with van der Waals surface area (Å²) in [6.45, 7) is 3.85. The van der Waals surface area contributed by atoms with E-state index in [4.69, 9.17) is 0 Å². The normalized spacial score (nSPS) is 19.8. The molecule has 0 bridgehead atoms. The third-order valence-electron chi connectivity index (χ3n) is 3.62. The van der Waals surface area contributed by atoms with Crippen molar-refractivity contribution in [2.24, 2.45) is 5.92 Å². The number of pyridine rings is 1. The number of anilines is 1. The first-order chi connectivity index (χ1) is 9.16. The van der Waals surface area contributed by atoms with Gasteiger partial charge in [0.05, 0.1) is 6.20 Å². The van der Waals surface area contributed by atoms with Crippen LogP contribution in [0.2, 0.25) is 0 Å². The van der Waals surface area contributed by atoms with Crippen molar-refractivity contribution in [2.45, 2.75) is 19.8 Å². The van der Waals surface area contributed by atoms with Crippen molar-refractivity contribution in [3.8, 4) is 0 Å². The molecule has 0 saturated carbocycles. The van der Waals surface area contributed by atoms with Crippen molar-refractivity contribution in [3.05, 3.63) is 34.5 Å². The number of rotatable bonds is 2. The second kappa shape index (κ2) is 4.53. The lowest BCUT2D eigenvalue weighted by atomic mass is 10.0. The summed E-state index contributed by atoms with van der Waals surface area (Å²) in [5.41, 5.74) is 0.627. The lowest BCUT2D eigenvalue weighted by molar-refractivity contribution is -0.389. The molecule has 0 aliphatic carbocycles. The van der Waals surface area contributed by atoms with Gasteiger partial charge >= 0.3 is 5.82 Å². The van der Waals surface area contributed by atoms with Crippen molar-refractivity contribution in [2.75, 3.05) is 18.0 Å². The summed E-state index contributed by atoms with van der Waals surface area (Å²) in [5.74, 6) is 1.13. The summed E-state index contributed by atoms with van der Waals surface area (Å²) in [7, 11) is 0. The topological polar surface area (TPSA) is 63.7 Å². The monoisotopic (exact) mass is 260 g/mol. The Morgan fingerprint density at radius 3 is 3.05 bits per heavy atom. The Hall–Kier alpha value is -2.11. The van der Waals surface area contributed by atoms with E-state index in [0.717, 1.165) is 19.5 Å². The summed E-state index contributed by atoms with van der Waals surface area (Å²) in [5, 5.41) is 11.3. The number of nitro groups is 1. The second-order valence-electron chi connectivity index (χ2n) is 5.14. The summed E-state index contributed by atoms with van der Waals surface area (Å²) < 4.78 is 1.55. The summed E-state index contributed by atoms with van der Waals surface area (Å²) in [6.07, 6.45) is 3.93. The van der Waals surface area contributed by atoms with Gasteiger partial charge < -0.3 is 15.0 Å². The molecule has 2 aromatic rings. The van der Waals surface area contributed by atoms with Gasteiger partial charge in [-0.3, -0.25) is 0 Å². The van der Waals surface area contributed by atoms with Crippen LogP contribution in [0, 0.1) is 16.0 Å². The molecule has 6 nitrogen and oxygen atoms in total. The van der Waals surface area contributed by atoms with Crippen LogP contribution in [-0.2, 0) is 0 Å². The predicted molar refractivity (Wildman–Crippen MR) is 72.5 cm³/mol. The fourth-order valence-corrected chi connectivity index (χ4v) is 2.73. The molecular weight excluding hydrogens is 244 g/mol. The highest BCUT2D eigenvalue weighted by atomic mass is 16.6. The van der Waals surface area contributed by atoms with E-state index in [1.807, 2.05) is 11.0 Å². The summed E-state index contributed by atoms with van der Waals surface area (Å²) >= 11 is 0. The zero-order chi connectivity index (χ0) is 13.4. The number of imidazole rings is 1. The smallest absolute Gasteiger partial charge is 0.358 e. The molecule has 1 fully saturated rings. The standard InChI is InChI=1S/C13H16N4O2/c1-10-5-4-7-15(9-10)12-13(17(18)19)16-8-3-2-6-11(16)14-12/h2-3,6,8,10H,4-5,7,9H2,1H3. The molecule has 1 atom stereocenters. The first-order valence-electron chi connectivity index (χ1n) is 6.53. The lowest BCUT2D eigenvalue weighted by Crippen LogP contribution is -2.34. The van der Waals surface area contributed by atoms with E-state index < -0.39 is 0 Å². The van der Waals surface area contributed by atoms with Crippen molar-refractivity contribution in [1.29, 1.82) is 0 Å². The number of fused-ring (bicyclic) bond motifs is 1. The maximum atomic E-state index is 11.3. The molecule has 3 rings (SSSR count). The summed E-state index contributed by atoms with van der Waals surface area (Å²) in [6, 6.07) is 5.42. The first kappa shape index (κ1) is 12.0. The average molecular weight is 260 g/mol. The Labute approximate surface area is 110 Å². The number of hydrogen-bond donors (Lipinski definition) is 0. The maximum Gasteiger partial charge on any atom is 0.372 e. The summed E-state index contributed by atoms with van der Waals surface area (Å²) in [4.78, 5) is 17.5. The van der Waals surface area contributed by atoms with Crippen LogP contribution in [0.15, 0.2) is 24.4 Å². The van der Waals surface area contributed by atoms with Gasteiger partial charge in [0.15, 0.2) is 0 Å². The van der Waals surface area contributed by atoms with Gasteiger partial charge in [-0.05, 0) is 29.7 Å². The van der Waals surface area contributed by atoms with Crippen LogP contribution in [-0.4, -0.2) is 27.4 Å². The minimum atomic E-state index is -0.339. The molecule has 2 aromatic heterocycles. The van der Waals surface area contributed by atoms with Gasteiger partial charge in [0.2, 0.25) is 11.5 Å². The van der Waals surface area contributed by atoms with E-state index in [-0.39, 0.29) is 10.7 Å². The molecule has 0 spiro atoms. The van der Waals surface area contributed by atoms with E-state index in [9.17, 15) is 10.1 Å². The van der Waals surface area contributed by atoms with Gasteiger partial charge in [0.25, 0.3) is 0 Å². The predicted octanol–water partition coefficient (Wildman–Crippen LogP) is 2.48. The molecular formula is C13H16N4O2. The number of nitrogens with zero attached hydrogens (tertiary/aromatic N) is 4. The molecule has 6 heteroatoms. The van der Waals surface area contributed by atoms with Gasteiger partial charge in [0, 0.05) is 19.2 Å². The Morgan fingerprint density at radius 1 is 1.47 bits per heavy atom. The minimum absolute atomic E-state index is 0.0738.